The summed E-state index contributed by atoms with van der Waals surface area (Å²) in [5.41, 5.74) is 2.88. The Morgan fingerprint density at radius 1 is 1.19 bits per heavy atom. The summed E-state index contributed by atoms with van der Waals surface area (Å²) in [5, 5.41) is 9.40. The smallest absolute Gasteiger partial charge is 0.0635 e. The second-order valence-electron chi connectivity index (χ2n) is 5.01. The third kappa shape index (κ3) is 1.71. The molecule has 1 N–H and O–H groups in total. The van der Waals surface area contributed by atoms with Gasteiger partial charge in [-0.3, -0.25) is 0 Å². The Morgan fingerprint density at radius 3 is 2.75 bits per heavy atom. The summed E-state index contributed by atoms with van der Waals surface area (Å²) in [6.45, 7) is 1.40. The van der Waals surface area contributed by atoms with Gasteiger partial charge in [0.05, 0.1) is 12.6 Å². The van der Waals surface area contributed by atoms with E-state index in [1.54, 1.807) is 0 Å². The number of para-hydroxylation sites is 1. The first kappa shape index (κ1) is 10.2. The van der Waals surface area contributed by atoms with E-state index in [2.05, 4.69) is 29.2 Å². The quantitative estimate of drug-likeness (QED) is 0.841. The van der Waals surface area contributed by atoms with E-state index >= 15 is 0 Å². The van der Waals surface area contributed by atoms with Gasteiger partial charge in [0.25, 0.3) is 0 Å². The minimum absolute atomic E-state index is 0.291. The predicted molar refractivity (Wildman–Crippen MR) is 65.9 cm³/mol. The van der Waals surface area contributed by atoms with Crippen LogP contribution >= 0.6 is 0 Å². The van der Waals surface area contributed by atoms with Crippen molar-refractivity contribution in [3.05, 3.63) is 29.8 Å². The van der Waals surface area contributed by atoms with Gasteiger partial charge >= 0.3 is 0 Å². The highest BCUT2D eigenvalue weighted by Gasteiger charge is 2.31. The molecule has 1 saturated heterocycles. The first-order valence-electron chi connectivity index (χ1n) is 6.36. The topological polar surface area (TPSA) is 23.5 Å². The van der Waals surface area contributed by atoms with E-state index in [4.69, 9.17) is 0 Å². The number of aliphatic hydroxyl groups is 1. The van der Waals surface area contributed by atoms with E-state index in [1.165, 1.54) is 30.5 Å². The average Bonchev–Trinajstić information content (AvgIpc) is 3.07. The Balaban J connectivity index is 1.92. The van der Waals surface area contributed by atoms with Crippen LogP contribution in [0.15, 0.2) is 24.3 Å². The van der Waals surface area contributed by atoms with Crippen LogP contribution in [0.3, 0.4) is 0 Å². The van der Waals surface area contributed by atoms with Crippen molar-refractivity contribution >= 4 is 5.69 Å². The second kappa shape index (κ2) is 4.10. The zero-order chi connectivity index (χ0) is 11.0. The molecule has 1 atom stereocenters. The summed E-state index contributed by atoms with van der Waals surface area (Å²) in [6, 6.07) is 9.09. The predicted octanol–water partition coefficient (Wildman–Crippen LogP) is 2.53. The molecule has 0 spiro atoms. The Morgan fingerprint density at radius 2 is 2.00 bits per heavy atom. The molecule has 1 aromatic rings. The number of anilines is 1. The second-order valence-corrected chi connectivity index (χ2v) is 5.01. The zero-order valence-electron chi connectivity index (χ0n) is 9.60. The van der Waals surface area contributed by atoms with Crippen LogP contribution in [-0.4, -0.2) is 24.3 Å². The van der Waals surface area contributed by atoms with E-state index in [-0.39, 0.29) is 0 Å². The lowest BCUT2D eigenvalue weighted by Gasteiger charge is -2.27. The number of rotatable bonds is 3. The highest BCUT2D eigenvalue weighted by atomic mass is 16.3. The van der Waals surface area contributed by atoms with Gasteiger partial charge in [0.2, 0.25) is 0 Å². The number of hydrogen-bond donors (Lipinski definition) is 1. The summed E-state index contributed by atoms with van der Waals surface area (Å²) in [5.74, 6) is 0.788. The van der Waals surface area contributed by atoms with Gasteiger partial charge in [0.15, 0.2) is 0 Å². The summed E-state index contributed by atoms with van der Waals surface area (Å²) in [4.78, 5) is 2.41. The highest BCUT2D eigenvalue weighted by molar-refractivity contribution is 5.57. The van der Waals surface area contributed by atoms with Crippen LogP contribution in [0.25, 0.3) is 0 Å². The van der Waals surface area contributed by atoms with Gasteiger partial charge in [0, 0.05) is 12.2 Å². The summed E-state index contributed by atoms with van der Waals surface area (Å²) < 4.78 is 0. The van der Waals surface area contributed by atoms with Crippen molar-refractivity contribution in [2.75, 3.05) is 18.1 Å². The van der Waals surface area contributed by atoms with Gasteiger partial charge in [-0.15, -0.1) is 0 Å². The minimum Gasteiger partial charge on any atom is -0.394 e. The number of aliphatic hydroxyl groups excluding tert-OH is 1. The van der Waals surface area contributed by atoms with Crippen LogP contribution in [-0.2, 0) is 0 Å². The van der Waals surface area contributed by atoms with Crippen LogP contribution in [0.4, 0.5) is 5.69 Å². The van der Waals surface area contributed by atoms with Gasteiger partial charge < -0.3 is 10.0 Å². The summed E-state index contributed by atoms with van der Waals surface area (Å²) >= 11 is 0. The molecule has 2 heteroatoms. The molecule has 1 aromatic carbocycles. The molecule has 3 rings (SSSR count). The van der Waals surface area contributed by atoms with Crippen molar-refractivity contribution < 1.29 is 5.11 Å². The molecule has 2 aliphatic rings. The van der Waals surface area contributed by atoms with Gasteiger partial charge in [-0.1, -0.05) is 18.2 Å². The summed E-state index contributed by atoms with van der Waals surface area (Å²) in [7, 11) is 0. The fraction of sp³-hybridized carbons (Fsp3) is 0.571. The summed E-state index contributed by atoms with van der Waals surface area (Å²) in [6.07, 6.45) is 5.03. The third-order valence-electron chi connectivity index (χ3n) is 3.85. The molecule has 16 heavy (non-hydrogen) atoms. The van der Waals surface area contributed by atoms with Gasteiger partial charge in [-0.05, 0) is 43.2 Å². The molecule has 2 nitrogen and oxygen atoms in total. The lowest BCUT2D eigenvalue weighted by Crippen LogP contribution is -2.32. The van der Waals surface area contributed by atoms with E-state index in [1.807, 2.05) is 0 Å². The molecule has 2 fully saturated rings. The van der Waals surface area contributed by atoms with Crippen molar-refractivity contribution in [3.63, 3.8) is 0 Å². The average molecular weight is 217 g/mol. The normalized spacial score (nSPS) is 25.1. The molecule has 1 heterocycles. The molecule has 1 saturated carbocycles. The molecular weight excluding hydrogens is 198 g/mol. The van der Waals surface area contributed by atoms with Gasteiger partial charge in [-0.2, -0.15) is 0 Å². The minimum atomic E-state index is 0.291. The monoisotopic (exact) mass is 217 g/mol. The SMILES string of the molecule is OCC1CCCN1c1ccccc1C1CC1. The molecule has 0 bridgehead atoms. The van der Waals surface area contributed by atoms with Gasteiger partial charge in [0.1, 0.15) is 0 Å². The lowest BCUT2D eigenvalue weighted by molar-refractivity contribution is 0.266. The number of hydrogen-bond acceptors (Lipinski definition) is 2. The van der Waals surface area contributed by atoms with Crippen LogP contribution in [0, 0.1) is 0 Å². The van der Waals surface area contributed by atoms with E-state index in [0.29, 0.717) is 12.6 Å². The van der Waals surface area contributed by atoms with Crippen LogP contribution < -0.4 is 4.90 Å². The van der Waals surface area contributed by atoms with Crippen molar-refractivity contribution in [3.8, 4) is 0 Å². The zero-order valence-corrected chi connectivity index (χ0v) is 9.60. The molecule has 1 aliphatic carbocycles. The van der Waals surface area contributed by atoms with Gasteiger partial charge in [-0.25, -0.2) is 0 Å². The molecular formula is C14H19NO. The molecule has 0 amide bonds. The Bertz CT molecular complexity index is 373. The lowest BCUT2D eigenvalue weighted by atomic mass is 10.1. The molecule has 0 radical (unpaired) electrons. The van der Waals surface area contributed by atoms with E-state index < -0.39 is 0 Å². The first-order valence-corrected chi connectivity index (χ1v) is 6.36. The van der Waals surface area contributed by atoms with E-state index in [0.717, 1.165) is 18.9 Å². The van der Waals surface area contributed by atoms with E-state index in [9.17, 15) is 5.11 Å². The number of benzene rings is 1. The Hall–Kier alpha value is -1.02. The Kier molecular flexibility index (Phi) is 2.60. The molecule has 86 valence electrons. The van der Waals surface area contributed by atoms with Crippen LogP contribution in [0.1, 0.15) is 37.2 Å². The van der Waals surface area contributed by atoms with Crippen molar-refractivity contribution in [2.24, 2.45) is 0 Å². The molecule has 0 aromatic heterocycles. The molecule has 1 unspecified atom stereocenters. The largest absolute Gasteiger partial charge is 0.394 e. The van der Waals surface area contributed by atoms with Crippen molar-refractivity contribution in [2.45, 2.75) is 37.6 Å². The third-order valence-corrected chi connectivity index (χ3v) is 3.85. The maximum atomic E-state index is 9.40. The number of nitrogens with zero attached hydrogens (tertiary/aromatic N) is 1. The molecule has 1 aliphatic heterocycles. The van der Waals surface area contributed by atoms with Crippen molar-refractivity contribution in [1.82, 2.24) is 0 Å². The maximum absolute atomic E-state index is 9.40. The van der Waals surface area contributed by atoms with Crippen LogP contribution in [0.5, 0.6) is 0 Å². The fourth-order valence-corrected chi connectivity index (χ4v) is 2.83. The highest BCUT2D eigenvalue weighted by Crippen LogP contribution is 2.45. The standard InChI is InChI=1S/C14H19NO/c16-10-12-4-3-9-15(12)14-6-2-1-5-13(14)11-7-8-11/h1-2,5-6,11-12,16H,3-4,7-10H2. The Labute approximate surface area is 96.9 Å². The van der Waals surface area contributed by atoms with Crippen LogP contribution in [0.2, 0.25) is 0 Å². The maximum Gasteiger partial charge on any atom is 0.0635 e. The fourth-order valence-electron chi connectivity index (χ4n) is 2.83. The first-order chi connectivity index (χ1) is 7.90. The van der Waals surface area contributed by atoms with Crippen molar-refractivity contribution in [1.29, 1.82) is 0 Å².